The van der Waals surface area contributed by atoms with E-state index in [9.17, 15) is 4.79 Å². The highest BCUT2D eigenvalue weighted by molar-refractivity contribution is 8.15. The Morgan fingerprint density at radius 2 is 2.19 bits per heavy atom. The van der Waals surface area contributed by atoms with Crippen molar-refractivity contribution in [3.05, 3.63) is 28.2 Å². The lowest BCUT2D eigenvalue weighted by atomic mass is 10.3. The molecule has 1 N–H and O–H groups in total. The van der Waals surface area contributed by atoms with Crippen LogP contribution in [-0.2, 0) is 4.79 Å². The summed E-state index contributed by atoms with van der Waals surface area (Å²) in [6.07, 6.45) is 0. The summed E-state index contributed by atoms with van der Waals surface area (Å²) in [5.41, 5.74) is 0.561. The first-order valence-corrected chi connectivity index (χ1v) is 6.21. The molecule has 1 amide bonds. The third-order valence-corrected chi connectivity index (χ3v) is 3.83. The van der Waals surface area contributed by atoms with Crippen LogP contribution >= 0.6 is 35.0 Å². The molecule has 3 nitrogen and oxygen atoms in total. The average Bonchev–Trinajstić information content (AvgIpc) is 2.54. The first kappa shape index (κ1) is 11.8. The normalized spacial score (nSPS) is 22.6. The van der Waals surface area contributed by atoms with E-state index < -0.39 is 0 Å². The summed E-state index contributed by atoms with van der Waals surface area (Å²) in [6.45, 7) is 1.82. The molecule has 1 aliphatic heterocycles. The number of amides is 1. The van der Waals surface area contributed by atoms with Crippen molar-refractivity contribution >= 4 is 51.7 Å². The van der Waals surface area contributed by atoms with Gasteiger partial charge in [0.1, 0.15) is 0 Å². The predicted molar refractivity (Wildman–Crippen MR) is 68.8 cm³/mol. The lowest BCUT2D eigenvalue weighted by Gasteiger charge is -2.01. The maximum Gasteiger partial charge on any atom is 0.239 e. The molecule has 2 rings (SSSR count). The summed E-state index contributed by atoms with van der Waals surface area (Å²) in [4.78, 5) is 15.5. The number of amidine groups is 1. The van der Waals surface area contributed by atoms with Gasteiger partial charge in [0, 0.05) is 0 Å². The van der Waals surface area contributed by atoms with Crippen molar-refractivity contribution in [1.29, 1.82) is 0 Å². The predicted octanol–water partition coefficient (Wildman–Crippen LogP) is 3.23. The van der Waals surface area contributed by atoms with Crippen LogP contribution in [0, 0.1) is 0 Å². The Hall–Kier alpha value is -0.710. The standard InChI is InChI=1S/C10H8Cl2N2OS/c1-5-9(15)14-10(16-5)13-7-4-2-3-6(11)8(7)12/h2-5H,1H3,(H,13,14,15)/t5-/m1/s1. The Morgan fingerprint density at radius 1 is 1.44 bits per heavy atom. The first-order valence-electron chi connectivity index (χ1n) is 4.58. The zero-order valence-corrected chi connectivity index (χ0v) is 10.7. The first-order chi connectivity index (χ1) is 7.58. The third-order valence-electron chi connectivity index (χ3n) is 2.04. The number of aliphatic imine (C=N–C) groups is 1. The number of nitrogens with zero attached hydrogens (tertiary/aromatic N) is 1. The smallest absolute Gasteiger partial charge is 0.239 e. The molecule has 1 aromatic carbocycles. The van der Waals surface area contributed by atoms with Gasteiger partial charge in [0.25, 0.3) is 0 Å². The molecule has 0 radical (unpaired) electrons. The number of carbonyl (C=O) groups is 1. The lowest BCUT2D eigenvalue weighted by molar-refractivity contribution is -0.118. The van der Waals surface area contributed by atoms with Crippen LogP contribution in [0.2, 0.25) is 10.0 Å². The summed E-state index contributed by atoms with van der Waals surface area (Å²) in [5.74, 6) is -0.0399. The molecule has 84 valence electrons. The summed E-state index contributed by atoms with van der Waals surface area (Å²) in [6, 6.07) is 5.20. The van der Waals surface area contributed by atoms with E-state index in [1.54, 1.807) is 18.2 Å². The highest BCUT2D eigenvalue weighted by atomic mass is 35.5. The quantitative estimate of drug-likeness (QED) is 0.854. The minimum atomic E-state index is -0.114. The van der Waals surface area contributed by atoms with Gasteiger partial charge in [-0.2, -0.15) is 0 Å². The van der Waals surface area contributed by atoms with Crippen molar-refractivity contribution in [3.63, 3.8) is 0 Å². The van der Waals surface area contributed by atoms with Crippen LogP contribution in [-0.4, -0.2) is 16.3 Å². The van der Waals surface area contributed by atoms with Gasteiger partial charge in [-0.1, -0.05) is 41.0 Å². The van der Waals surface area contributed by atoms with Gasteiger partial charge < -0.3 is 5.32 Å². The molecule has 1 atom stereocenters. The molecule has 1 heterocycles. The Labute approximate surface area is 107 Å². The van der Waals surface area contributed by atoms with Crippen LogP contribution in [0.15, 0.2) is 23.2 Å². The van der Waals surface area contributed by atoms with E-state index in [4.69, 9.17) is 23.2 Å². The third kappa shape index (κ3) is 2.34. The number of hydrogen-bond donors (Lipinski definition) is 1. The van der Waals surface area contributed by atoms with E-state index in [-0.39, 0.29) is 11.2 Å². The Balaban J connectivity index is 2.30. The van der Waals surface area contributed by atoms with Gasteiger partial charge in [-0.05, 0) is 19.1 Å². The molecule has 16 heavy (non-hydrogen) atoms. The Kier molecular flexibility index (Phi) is 3.42. The number of nitrogens with one attached hydrogen (secondary N) is 1. The van der Waals surface area contributed by atoms with E-state index in [1.165, 1.54) is 11.8 Å². The van der Waals surface area contributed by atoms with E-state index in [0.717, 1.165) is 0 Å². The van der Waals surface area contributed by atoms with E-state index in [0.29, 0.717) is 20.9 Å². The number of carbonyl (C=O) groups excluding carboxylic acids is 1. The van der Waals surface area contributed by atoms with Crippen LogP contribution in [0.4, 0.5) is 5.69 Å². The number of hydrogen-bond acceptors (Lipinski definition) is 3. The van der Waals surface area contributed by atoms with Gasteiger partial charge >= 0.3 is 0 Å². The highest BCUT2D eigenvalue weighted by Gasteiger charge is 2.25. The molecule has 1 saturated heterocycles. The maximum atomic E-state index is 11.3. The SMILES string of the molecule is C[C@H]1SC(=Nc2cccc(Cl)c2Cl)NC1=O. The van der Waals surface area contributed by atoms with Gasteiger partial charge in [-0.3, -0.25) is 4.79 Å². The molecule has 0 bridgehead atoms. The number of rotatable bonds is 1. The van der Waals surface area contributed by atoms with Crippen LogP contribution < -0.4 is 5.32 Å². The molecule has 0 unspecified atom stereocenters. The second-order valence-electron chi connectivity index (χ2n) is 3.24. The van der Waals surface area contributed by atoms with E-state index in [2.05, 4.69) is 10.3 Å². The lowest BCUT2D eigenvalue weighted by Crippen LogP contribution is -2.23. The van der Waals surface area contributed by atoms with Gasteiger partial charge in [0.05, 0.1) is 21.0 Å². The second kappa shape index (κ2) is 4.65. The summed E-state index contributed by atoms with van der Waals surface area (Å²) in [5, 5.41) is 3.96. The number of thioether (sulfide) groups is 1. The molecular weight excluding hydrogens is 267 g/mol. The van der Waals surface area contributed by atoms with Crippen molar-refractivity contribution in [2.24, 2.45) is 4.99 Å². The van der Waals surface area contributed by atoms with Crippen LogP contribution in [0.25, 0.3) is 0 Å². The minimum Gasteiger partial charge on any atom is -0.304 e. The fraction of sp³-hybridized carbons (Fsp3) is 0.200. The van der Waals surface area contributed by atoms with Crippen molar-refractivity contribution < 1.29 is 4.79 Å². The Bertz CT molecular complexity index is 476. The second-order valence-corrected chi connectivity index (χ2v) is 5.35. The summed E-state index contributed by atoms with van der Waals surface area (Å²) < 4.78 is 0. The molecular formula is C10H8Cl2N2OS. The van der Waals surface area contributed by atoms with Crippen molar-refractivity contribution in [2.45, 2.75) is 12.2 Å². The van der Waals surface area contributed by atoms with Gasteiger partial charge in [0.15, 0.2) is 5.17 Å². The topological polar surface area (TPSA) is 41.5 Å². The van der Waals surface area contributed by atoms with Crippen molar-refractivity contribution in [2.75, 3.05) is 0 Å². The monoisotopic (exact) mass is 274 g/mol. The summed E-state index contributed by atoms with van der Waals surface area (Å²) >= 11 is 13.2. The van der Waals surface area contributed by atoms with Crippen LogP contribution in [0.3, 0.4) is 0 Å². The van der Waals surface area contributed by atoms with Crippen molar-refractivity contribution in [3.8, 4) is 0 Å². The number of halogens is 2. The molecule has 0 aliphatic carbocycles. The highest BCUT2D eigenvalue weighted by Crippen LogP contribution is 2.33. The maximum absolute atomic E-state index is 11.3. The van der Waals surface area contributed by atoms with Crippen molar-refractivity contribution in [1.82, 2.24) is 5.32 Å². The minimum absolute atomic E-state index is 0.0399. The fourth-order valence-corrected chi connectivity index (χ4v) is 2.35. The molecule has 0 saturated carbocycles. The van der Waals surface area contributed by atoms with E-state index >= 15 is 0 Å². The van der Waals surface area contributed by atoms with Gasteiger partial charge in [-0.25, -0.2) is 4.99 Å². The fourth-order valence-electron chi connectivity index (χ4n) is 1.20. The molecule has 1 aromatic rings. The zero-order chi connectivity index (χ0) is 11.7. The Morgan fingerprint density at radius 3 is 2.81 bits per heavy atom. The number of benzene rings is 1. The van der Waals surface area contributed by atoms with Gasteiger partial charge in [-0.15, -0.1) is 0 Å². The average molecular weight is 275 g/mol. The van der Waals surface area contributed by atoms with Crippen LogP contribution in [0.5, 0.6) is 0 Å². The van der Waals surface area contributed by atoms with E-state index in [1.807, 2.05) is 6.92 Å². The molecule has 0 spiro atoms. The molecule has 1 aliphatic rings. The molecule has 6 heteroatoms. The van der Waals surface area contributed by atoms with Crippen LogP contribution in [0.1, 0.15) is 6.92 Å². The summed E-state index contributed by atoms with van der Waals surface area (Å²) in [7, 11) is 0. The largest absolute Gasteiger partial charge is 0.304 e. The molecule has 0 aromatic heterocycles. The van der Waals surface area contributed by atoms with Gasteiger partial charge in [0.2, 0.25) is 5.91 Å². The molecule has 1 fully saturated rings. The zero-order valence-electron chi connectivity index (χ0n) is 8.33.